The van der Waals surface area contributed by atoms with E-state index in [1.54, 1.807) is 6.07 Å². The smallest absolute Gasteiger partial charge is 0.124 e. The van der Waals surface area contributed by atoms with Crippen molar-refractivity contribution in [2.24, 2.45) is 0 Å². The van der Waals surface area contributed by atoms with Crippen LogP contribution in [-0.2, 0) is 6.54 Å². The van der Waals surface area contributed by atoms with Crippen LogP contribution in [0, 0.1) is 19.7 Å². The van der Waals surface area contributed by atoms with Crippen LogP contribution in [0.25, 0.3) is 0 Å². The van der Waals surface area contributed by atoms with Crippen LogP contribution in [0.15, 0.2) is 18.2 Å². The van der Waals surface area contributed by atoms with Gasteiger partial charge in [-0.15, -0.1) is 11.6 Å². The van der Waals surface area contributed by atoms with Gasteiger partial charge >= 0.3 is 0 Å². The Balaban J connectivity index is 2.35. The monoisotopic (exact) mass is 314 g/mol. The minimum absolute atomic E-state index is 0.0348. The molecule has 0 radical (unpaired) electrons. The van der Waals surface area contributed by atoms with Crippen molar-refractivity contribution in [3.63, 3.8) is 0 Å². The van der Waals surface area contributed by atoms with E-state index in [4.69, 9.17) is 23.2 Å². The first-order valence-electron chi connectivity index (χ1n) is 6.56. The summed E-state index contributed by atoms with van der Waals surface area (Å²) in [5.74, 6) is -0.334. The number of nitrogens with zero attached hydrogens (tertiary/aromatic N) is 2. The molecule has 0 N–H and O–H groups in total. The zero-order valence-electron chi connectivity index (χ0n) is 11.8. The summed E-state index contributed by atoms with van der Waals surface area (Å²) in [7, 11) is 0. The summed E-state index contributed by atoms with van der Waals surface area (Å²) in [6.45, 7) is 6.51. The normalized spacial score (nSPS) is 12.7. The van der Waals surface area contributed by atoms with Crippen molar-refractivity contribution in [2.75, 3.05) is 0 Å². The fourth-order valence-corrected chi connectivity index (χ4v) is 2.88. The van der Waals surface area contributed by atoms with Crippen molar-refractivity contribution < 1.29 is 4.39 Å². The van der Waals surface area contributed by atoms with E-state index in [1.807, 2.05) is 25.5 Å². The summed E-state index contributed by atoms with van der Waals surface area (Å²) in [5, 5.41) is 4.90. The maximum atomic E-state index is 13.1. The van der Waals surface area contributed by atoms with Crippen molar-refractivity contribution in [1.82, 2.24) is 9.78 Å². The average molecular weight is 315 g/mol. The van der Waals surface area contributed by atoms with Crippen molar-refractivity contribution in [3.05, 3.63) is 51.6 Å². The van der Waals surface area contributed by atoms with Crippen LogP contribution in [0.3, 0.4) is 0 Å². The van der Waals surface area contributed by atoms with E-state index in [-0.39, 0.29) is 11.2 Å². The van der Waals surface area contributed by atoms with Gasteiger partial charge in [0.25, 0.3) is 0 Å². The molecule has 0 aliphatic carbocycles. The number of benzene rings is 1. The van der Waals surface area contributed by atoms with E-state index in [2.05, 4.69) is 5.10 Å². The standard InChI is InChI=1S/C15H17Cl2FN2/c1-4-13(16)15-9(2)19-20(10(15)3)8-11-5-6-12(18)7-14(11)17/h5-7,13H,4,8H2,1-3H3. The largest absolute Gasteiger partial charge is 0.265 e. The van der Waals surface area contributed by atoms with Gasteiger partial charge < -0.3 is 0 Å². The molecule has 0 aliphatic heterocycles. The lowest BCUT2D eigenvalue weighted by molar-refractivity contribution is 0.622. The number of rotatable bonds is 4. The molecule has 5 heteroatoms. The highest BCUT2D eigenvalue weighted by molar-refractivity contribution is 6.31. The van der Waals surface area contributed by atoms with Gasteiger partial charge in [0.15, 0.2) is 0 Å². The topological polar surface area (TPSA) is 17.8 Å². The van der Waals surface area contributed by atoms with Gasteiger partial charge in [0.05, 0.1) is 17.6 Å². The predicted molar refractivity (Wildman–Crippen MR) is 81.1 cm³/mol. The molecule has 0 fully saturated rings. The van der Waals surface area contributed by atoms with Crippen LogP contribution in [0.4, 0.5) is 4.39 Å². The Bertz CT molecular complexity index is 623. The first-order valence-corrected chi connectivity index (χ1v) is 7.37. The van der Waals surface area contributed by atoms with Crippen LogP contribution < -0.4 is 0 Å². The van der Waals surface area contributed by atoms with E-state index < -0.39 is 0 Å². The minimum Gasteiger partial charge on any atom is -0.265 e. The first-order chi connectivity index (χ1) is 9.43. The lowest BCUT2D eigenvalue weighted by Gasteiger charge is -2.09. The molecule has 1 heterocycles. The molecule has 2 nitrogen and oxygen atoms in total. The quantitative estimate of drug-likeness (QED) is 0.724. The van der Waals surface area contributed by atoms with Crippen molar-refractivity contribution >= 4 is 23.2 Å². The number of alkyl halides is 1. The number of halogens is 3. The van der Waals surface area contributed by atoms with E-state index in [9.17, 15) is 4.39 Å². The van der Waals surface area contributed by atoms with E-state index in [1.165, 1.54) is 12.1 Å². The fraction of sp³-hybridized carbons (Fsp3) is 0.400. The van der Waals surface area contributed by atoms with Crippen LogP contribution in [0.1, 0.15) is 41.2 Å². The van der Waals surface area contributed by atoms with Gasteiger partial charge in [0.1, 0.15) is 5.82 Å². The summed E-state index contributed by atoms with van der Waals surface area (Å²) in [6, 6.07) is 4.41. The number of hydrogen-bond donors (Lipinski definition) is 0. The molecule has 20 heavy (non-hydrogen) atoms. The second-order valence-corrected chi connectivity index (χ2v) is 5.79. The lowest BCUT2D eigenvalue weighted by Crippen LogP contribution is -2.05. The molecular weight excluding hydrogens is 298 g/mol. The van der Waals surface area contributed by atoms with E-state index in [0.717, 1.165) is 28.9 Å². The van der Waals surface area contributed by atoms with Gasteiger partial charge in [-0.25, -0.2) is 4.39 Å². The molecule has 0 aliphatic rings. The zero-order valence-corrected chi connectivity index (χ0v) is 13.3. The molecule has 2 rings (SSSR count). The Labute approximate surface area is 128 Å². The molecular formula is C15H17Cl2FN2. The summed E-state index contributed by atoms with van der Waals surface area (Å²) < 4.78 is 14.9. The third kappa shape index (κ3) is 2.99. The number of aryl methyl sites for hydroxylation is 1. The van der Waals surface area contributed by atoms with Crippen molar-refractivity contribution in [3.8, 4) is 0 Å². The molecule has 0 spiro atoms. The maximum Gasteiger partial charge on any atom is 0.124 e. The third-order valence-corrected chi connectivity index (χ3v) is 4.32. The van der Waals surface area contributed by atoms with Crippen molar-refractivity contribution in [1.29, 1.82) is 0 Å². The predicted octanol–water partition coefficient (Wildman–Crippen LogP) is 5.03. The highest BCUT2D eigenvalue weighted by atomic mass is 35.5. The van der Waals surface area contributed by atoms with Gasteiger partial charge in [-0.3, -0.25) is 4.68 Å². The third-order valence-electron chi connectivity index (χ3n) is 3.44. The van der Waals surface area contributed by atoms with E-state index >= 15 is 0 Å². The van der Waals surface area contributed by atoms with Crippen LogP contribution >= 0.6 is 23.2 Å². The van der Waals surface area contributed by atoms with Gasteiger partial charge in [-0.1, -0.05) is 24.6 Å². The molecule has 1 aromatic heterocycles. The van der Waals surface area contributed by atoms with Crippen LogP contribution in [0.5, 0.6) is 0 Å². The molecule has 0 saturated heterocycles. The van der Waals surface area contributed by atoms with Crippen molar-refractivity contribution in [2.45, 2.75) is 39.1 Å². The fourth-order valence-electron chi connectivity index (χ4n) is 2.33. The molecule has 0 bridgehead atoms. The van der Waals surface area contributed by atoms with Gasteiger partial charge in [-0.05, 0) is 38.0 Å². The zero-order chi connectivity index (χ0) is 14.9. The van der Waals surface area contributed by atoms with E-state index in [0.29, 0.717) is 11.6 Å². The van der Waals surface area contributed by atoms with Gasteiger partial charge in [-0.2, -0.15) is 5.10 Å². The second kappa shape index (κ2) is 6.15. The molecule has 1 aromatic carbocycles. The SMILES string of the molecule is CCC(Cl)c1c(C)nn(Cc2ccc(F)cc2Cl)c1C. The maximum absolute atomic E-state index is 13.1. The van der Waals surface area contributed by atoms with Gasteiger partial charge in [0.2, 0.25) is 0 Å². The first kappa shape index (κ1) is 15.3. The second-order valence-electron chi connectivity index (χ2n) is 4.85. The Morgan fingerprint density at radius 3 is 2.65 bits per heavy atom. The number of hydrogen-bond acceptors (Lipinski definition) is 1. The summed E-state index contributed by atoms with van der Waals surface area (Å²) in [5.41, 5.74) is 3.88. The molecule has 0 amide bonds. The summed E-state index contributed by atoms with van der Waals surface area (Å²) in [6.07, 6.45) is 0.853. The number of aromatic nitrogens is 2. The lowest BCUT2D eigenvalue weighted by atomic mass is 10.1. The highest BCUT2D eigenvalue weighted by Crippen LogP contribution is 2.30. The summed E-state index contributed by atoms with van der Waals surface area (Å²) in [4.78, 5) is 0. The minimum atomic E-state index is -0.334. The Hall–Kier alpha value is -1.06. The molecule has 108 valence electrons. The molecule has 2 aromatic rings. The highest BCUT2D eigenvalue weighted by Gasteiger charge is 2.18. The Morgan fingerprint density at radius 1 is 1.35 bits per heavy atom. The molecule has 1 atom stereocenters. The molecule has 0 saturated carbocycles. The van der Waals surface area contributed by atoms with Gasteiger partial charge in [0, 0.05) is 16.3 Å². The van der Waals surface area contributed by atoms with Crippen LogP contribution in [-0.4, -0.2) is 9.78 Å². The van der Waals surface area contributed by atoms with Crippen LogP contribution in [0.2, 0.25) is 5.02 Å². The average Bonchev–Trinajstić information content (AvgIpc) is 2.67. The Kier molecular flexibility index (Phi) is 4.71. The molecule has 1 unspecified atom stereocenters. The Morgan fingerprint density at radius 2 is 2.05 bits per heavy atom. The summed E-state index contributed by atoms with van der Waals surface area (Å²) >= 11 is 12.4.